The largest absolute Gasteiger partial charge is 0.491 e. The van der Waals surface area contributed by atoms with Crippen molar-refractivity contribution in [2.24, 2.45) is 0 Å². The van der Waals surface area contributed by atoms with Crippen molar-refractivity contribution in [2.75, 3.05) is 26.9 Å². The van der Waals surface area contributed by atoms with E-state index in [0.29, 0.717) is 30.3 Å². The minimum absolute atomic E-state index is 0.0431. The summed E-state index contributed by atoms with van der Waals surface area (Å²) in [6, 6.07) is 15.5. The molecule has 9 heteroatoms. The van der Waals surface area contributed by atoms with Crippen molar-refractivity contribution in [3.63, 3.8) is 0 Å². The molecule has 0 aromatic heterocycles. The third kappa shape index (κ3) is 7.60. The number of hydrogen-bond donors (Lipinski definition) is 3. The lowest BCUT2D eigenvalue weighted by Crippen LogP contribution is -2.49. The minimum atomic E-state index is -0.446. The molecule has 0 aliphatic rings. The molecule has 0 fully saturated rings. The molecule has 2 aromatic carbocycles. The molecule has 0 aliphatic heterocycles. The van der Waals surface area contributed by atoms with Crippen LogP contribution in [0.3, 0.4) is 0 Å². The maximum absolute atomic E-state index is 12.1. The number of carbonyl (C=O) groups is 2. The number of amides is 2. The SMILES string of the molecule is COCCOc1ccc(C(=O)NC(=S)NNC(=O)COc2ccccc2)cc1. The highest BCUT2D eigenvalue weighted by atomic mass is 32.1. The zero-order valence-electron chi connectivity index (χ0n) is 15.3. The Balaban J connectivity index is 1.70. The van der Waals surface area contributed by atoms with E-state index in [1.807, 2.05) is 6.07 Å². The highest BCUT2D eigenvalue weighted by molar-refractivity contribution is 7.80. The fourth-order valence-corrected chi connectivity index (χ4v) is 2.12. The first kappa shape index (κ1) is 21.1. The van der Waals surface area contributed by atoms with Gasteiger partial charge in [-0.3, -0.25) is 25.8 Å². The molecule has 0 bridgehead atoms. The summed E-state index contributed by atoms with van der Waals surface area (Å²) in [5.74, 6) is 0.330. The summed E-state index contributed by atoms with van der Waals surface area (Å²) in [4.78, 5) is 23.9. The van der Waals surface area contributed by atoms with Gasteiger partial charge < -0.3 is 14.2 Å². The summed E-state index contributed by atoms with van der Waals surface area (Å²) in [6.07, 6.45) is 0. The normalized spacial score (nSPS) is 9.89. The molecule has 2 rings (SSSR count). The van der Waals surface area contributed by atoms with E-state index in [4.69, 9.17) is 26.4 Å². The van der Waals surface area contributed by atoms with Gasteiger partial charge in [0.1, 0.15) is 18.1 Å². The Morgan fingerprint density at radius 3 is 2.25 bits per heavy atom. The van der Waals surface area contributed by atoms with Gasteiger partial charge in [-0.25, -0.2) is 0 Å². The van der Waals surface area contributed by atoms with Gasteiger partial charge in [-0.1, -0.05) is 18.2 Å². The van der Waals surface area contributed by atoms with Crippen molar-refractivity contribution < 1.29 is 23.8 Å². The summed E-state index contributed by atoms with van der Waals surface area (Å²) in [6.45, 7) is 0.701. The fourth-order valence-electron chi connectivity index (χ4n) is 1.98. The Morgan fingerprint density at radius 2 is 1.57 bits per heavy atom. The molecule has 0 saturated heterocycles. The standard InChI is InChI=1S/C19H21N3O5S/c1-25-11-12-26-16-9-7-14(8-10-16)18(24)20-19(28)22-21-17(23)13-27-15-5-3-2-4-6-15/h2-10H,11-13H2,1H3,(H,21,23)(H2,20,22,24,28). The number of rotatable bonds is 8. The molecule has 0 atom stereocenters. The van der Waals surface area contributed by atoms with Gasteiger partial charge in [0.2, 0.25) is 0 Å². The van der Waals surface area contributed by atoms with Gasteiger partial charge >= 0.3 is 0 Å². The van der Waals surface area contributed by atoms with Crippen molar-refractivity contribution in [2.45, 2.75) is 0 Å². The minimum Gasteiger partial charge on any atom is -0.491 e. The van der Waals surface area contributed by atoms with Crippen LogP contribution in [0.2, 0.25) is 0 Å². The molecule has 0 unspecified atom stereocenters. The summed E-state index contributed by atoms with van der Waals surface area (Å²) in [5, 5.41) is 2.42. The monoisotopic (exact) mass is 403 g/mol. The van der Waals surface area contributed by atoms with Crippen LogP contribution in [0.15, 0.2) is 54.6 Å². The molecule has 0 saturated carbocycles. The van der Waals surface area contributed by atoms with Crippen LogP contribution in [-0.2, 0) is 9.53 Å². The van der Waals surface area contributed by atoms with Crippen LogP contribution in [0.4, 0.5) is 0 Å². The quantitative estimate of drug-likeness (QED) is 0.348. The average Bonchev–Trinajstić information content (AvgIpc) is 2.72. The van der Waals surface area contributed by atoms with Crippen LogP contribution in [0, 0.1) is 0 Å². The number of methoxy groups -OCH3 is 1. The van der Waals surface area contributed by atoms with E-state index in [1.165, 1.54) is 0 Å². The fraction of sp³-hybridized carbons (Fsp3) is 0.211. The molecule has 148 valence electrons. The van der Waals surface area contributed by atoms with Crippen LogP contribution in [0.1, 0.15) is 10.4 Å². The lowest BCUT2D eigenvalue weighted by atomic mass is 10.2. The van der Waals surface area contributed by atoms with E-state index in [1.54, 1.807) is 55.6 Å². The van der Waals surface area contributed by atoms with Gasteiger partial charge in [0.05, 0.1) is 6.61 Å². The zero-order valence-corrected chi connectivity index (χ0v) is 16.1. The van der Waals surface area contributed by atoms with Gasteiger partial charge in [0.25, 0.3) is 11.8 Å². The molecular weight excluding hydrogens is 382 g/mol. The Kier molecular flexibility index (Phi) is 8.70. The number of hydrogen-bond acceptors (Lipinski definition) is 6. The molecule has 0 heterocycles. The molecule has 28 heavy (non-hydrogen) atoms. The smallest absolute Gasteiger partial charge is 0.276 e. The predicted octanol–water partition coefficient (Wildman–Crippen LogP) is 1.43. The summed E-state index contributed by atoms with van der Waals surface area (Å²) in [7, 11) is 1.59. The van der Waals surface area contributed by atoms with Crippen molar-refractivity contribution in [3.05, 3.63) is 60.2 Å². The van der Waals surface area contributed by atoms with Gasteiger partial charge in [-0.15, -0.1) is 0 Å². The lowest BCUT2D eigenvalue weighted by molar-refractivity contribution is -0.123. The number of nitrogens with one attached hydrogen (secondary N) is 3. The van der Waals surface area contributed by atoms with Crippen molar-refractivity contribution in [1.82, 2.24) is 16.2 Å². The highest BCUT2D eigenvalue weighted by Gasteiger charge is 2.09. The second kappa shape index (κ2) is 11.5. The first-order valence-corrected chi connectivity index (χ1v) is 8.79. The van der Waals surface area contributed by atoms with E-state index < -0.39 is 11.8 Å². The van der Waals surface area contributed by atoms with Crippen LogP contribution in [-0.4, -0.2) is 43.9 Å². The number of carbonyl (C=O) groups excluding carboxylic acids is 2. The molecular formula is C19H21N3O5S. The predicted molar refractivity (Wildman–Crippen MR) is 107 cm³/mol. The van der Waals surface area contributed by atoms with Crippen molar-refractivity contribution in [1.29, 1.82) is 0 Å². The van der Waals surface area contributed by atoms with E-state index in [9.17, 15) is 9.59 Å². The van der Waals surface area contributed by atoms with E-state index in [-0.39, 0.29) is 11.7 Å². The number of ether oxygens (including phenoxy) is 3. The topological polar surface area (TPSA) is 97.9 Å². The van der Waals surface area contributed by atoms with Gasteiger partial charge in [0, 0.05) is 12.7 Å². The molecule has 0 radical (unpaired) electrons. The zero-order chi connectivity index (χ0) is 20.2. The van der Waals surface area contributed by atoms with Gasteiger partial charge in [-0.2, -0.15) is 0 Å². The number of benzene rings is 2. The molecule has 2 amide bonds. The van der Waals surface area contributed by atoms with Crippen LogP contribution < -0.4 is 25.6 Å². The highest BCUT2D eigenvalue weighted by Crippen LogP contribution is 2.12. The maximum atomic E-state index is 12.1. The van der Waals surface area contributed by atoms with E-state index >= 15 is 0 Å². The first-order chi connectivity index (χ1) is 13.6. The number of hydrazine groups is 1. The Labute approximate surface area is 168 Å². The second-order valence-electron chi connectivity index (χ2n) is 5.42. The Bertz CT molecular complexity index is 784. The summed E-state index contributed by atoms with van der Waals surface area (Å²) in [5.41, 5.74) is 5.18. The van der Waals surface area contributed by atoms with Crippen LogP contribution in [0.25, 0.3) is 0 Å². The van der Waals surface area contributed by atoms with Crippen molar-refractivity contribution in [3.8, 4) is 11.5 Å². The second-order valence-corrected chi connectivity index (χ2v) is 5.83. The number of thiocarbonyl (C=S) groups is 1. The molecule has 3 N–H and O–H groups in total. The molecule has 0 spiro atoms. The van der Waals surface area contributed by atoms with Crippen LogP contribution in [0.5, 0.6) is 11.5 Å². The average molecular weight is 403 g/mol. The molecule has 2 aromatic rings. The Hall–Kier alpha value is -3.17. The summed E-state index contributed by atoms with van der Waals surface area (Å²) < 4.78 is 15.6. The van der Waals surface area contributed by atoms with Gasteiger partial charge in [-0.05, 0) is 48.6 Å². The Morgan fingerprint density at radius 1 is 0.893 bits per heavy atom. The lowest BCUT2D eigenvalue weighted by Gasteiger charge is -2.11. The summed E-state index contributed by atoms with van der Waals surface area (Å²) >= 11 is 4.99. The van der Waals surface area contributed by atoms with Gasteiger partial charge in [0.15, 0.2) is 11.7 Å². The molecule has 0 aliphatic carbocycles. The first-order valence-electron chi connectivity index (χ1n) is 8.38. The van der Waals surface area contributed by atoms with E-state index in [2.05, 4.69) is 16.2 Å². The third-order valence-corrected chi connectivity index (χ3v) is 3.53. The van der Waals surface area contributed by atoms with Crippen molar-refractivity contribution >= 4 is 29.1 Å². The maximum Gasteiger partial charge on any atom is 0.276 e. The molecule has 8 nitrogen and oxygen atoms in total. The third-order valence-electron chi connectivity index (χ3n) is 3.33. The van der Waals surface area contributed by atoms with E-state index in [0.717, 1.165) is 0 Å². The number of para-hydroxylation sites is 1. The van der Waals surface area contributed by atoms with Crippen LogP contribution >= 0.6 is 12.2 Å².